The smallest absolute Gasteiger partial charge is 0.230 e. The van der Waals surface area contributed by atoms with E-state index < -0.39 is 6.10 Å². The fourth-order valence-electron chi connectivity index (χ4n) is 2.90. The zero-order chi connectivity index (χ0) is 20.1. The first-order valence-corrected chi connectivity index (χ1v) is 9.64. The molecule has 1 aliphatic carbocycles. The Kier molecular flexibility index (Phi) is 6.47. The molecule has 1 aromatic carbocycles. The molecule has 9 nitrogen and oxygen atoms in total. The Balaban J connectivity index is 1.66. The molecule has 0 radical (unpaired) electrons. The monoisotopic (exact) mass is 409 g/mol. The van der Waals surface area contributed by atoms with Crippen molar-refractivity contribution in [2.45, 2.75) is 36.9 Å². The number of nitrogens with one attached hydrogen (secondary N) is 2. The van der Waals surface area contributed by atoms with Crippen LogP contribution in [0.15, 0.2) is 33.0 Å². The lowest BCUT2D eigenvalue weighted by Crippen LogP contribution is -2.32. The number of hydrogen-bond donors (Lipinski definition) is 4. The van der Waals surface area contributed by atoms with Crippen LogP contribution in [0.25, 0.3) is 0 Å². The van der Waals surface area contributed by atoms with Crippen molar-refractivity contribution < 1.29 is 24.1 Å². The van der Waals surface area contributed by atoms with Crippen molar-refractivity contribution in [3.05, 3.63) is 40.8 Å². The SMILES string of the molecule is CC(O)CNC(=O)CSc1nonc1/C(=N/O)N[C@H]1CCc2ccc(F)cc21. The molecule has 0 saturated heterocycles. The van der Waals surface area contributed by atoms with Gasteiger partial charge in [0.2, 0.25) is 5.91 Å². The van der Waals surface area contributed by atoms with Crippen LogP contribution in [0, 0.1) is 5.82 Å². The summed E-state index contributed by atoms with van der Waals surface area (Å²) in [5.74, 6) is -0.590. The van der Waals surface area contributed by atoms with Crippen LogP contribution in [0.1, 0.15) is 36.2 Å². The number of carbonyl (C=O) groups excluding carboxylic acids is 1. The zero-order valence-electron chi connectivity index (χ0n) is 15.1. The Labute approximate surface area is 164 Å². The molecule has 11 heteroatoms. The number of benzene rings is 1. The van der Waals surface area contributed by atoms with Gasteiger partial charge in [-0.2, -0.15) is 0 Å². The highest BCUT2D eigenvalue weighted by Crippen LogP contribution is 2.32. The van der Waals surface area contributed by atoms with Crippen molar-refractivity contribution in [1.82, 2.24) is 20.9 Å². The maximum atomic E-state index is 13.6. The van der Waals surface area contributed by atoms with Crippen molar-refractivity contribution in [3.8, 4) is 0 Å². The maximum Gasteiger partial charge on any atom is 0.230 e. The van der Waals surface area contributed by atoms with Crippen molar-refractivity contribution in [3.63, 3.8) is 0 Å². The number of fused-ring (bicyclic) bond motifs is 1. The molecule has 1 heterocycles. The summed E-state index contributed by atoms with van der Waals surface area (Å²) in [6, 6.07) is 4.37. The Bertz CT molecular complexity index is 873. The molecule has 0 aliphatic heterocycles. The highest BCUT2D eigenvalue weighted by atomic mass is 32.2. The van der Waals surface area contributed by atoms with Crippen LogP contribution in [-0.4, -0.2) is 50.8 Å². The Hall–Kier alpha value is -2.66. The molecule has 4 N–H and O–H groups in total. The molecular weight excluding hydrogens is 389 g/mol. The van der Waals surface area contributed by atoms with E-state index in [9.17, 15) is 19.5 Å². The van der Waals surface area contributed by atoms with E-state index in [-0.39, 0.29) is 46.6 Å². The van der Waals surface area contributed by atoms with Gasteiger partial charge in [0, 0.05) is 6.54 Å². The summed E-state index contributed by atoms with van der Waals surface area (Å²) in [4.78, 5) is 11.8. The number of amides is 1. The summed E-state index contributed by atoms with van der Waals surface area (Å²) >= 11 is 1.05. The van der Waals surface area contributed by atoms with Gasteiger partial charge in [0.25, 0.3) is 0 Å². The molecule has 1 amide bonds. The number of amidine groups is 1. The van der Waals surface area contributed by atoms with E-state index in [1.807, 2.05) is 0 Å². The third-order valence-corrected chi connectivity index (χ3v) is 5.16. The first-order chi connectivity index (χ1) is 13.5. The lowest BCUT2D eigenvalue weighted by molar-refractivity contribution is -0.118. The lowest BCUT2D eigenvalue weighted by atomic mass is 10.1. The van der Waals surface area contributed by atoms with E-state index in [0.29, 0.717) is 6.42 Å². The van der Waals surface area contributed by atoms with Crippen LogP contribution >= 0.6 is 11.8 Å². The number of aliphatic hydroxyl groups excluding tert-OH is 1. The maximum absolute atomic E-state index is 13.6. The highest BCUT2D eigenvalue weighted by molar-refractivity contribution is 8.00. The molecule has 150 valence electrons. The van der Waals surface area contributed by atoms with E-state index in [4.69, 9.17) is 4.63 Å². The minimum absolute atomic E-state index is 0.0180. The number of thioether (sulfide) groups is 1. The third kappa shape index (κ3) is 4.78. The van der Waals surface area contributed by atoms with Crippen molar-refractivity contribution in [2.24, 2.45) is 5.16 Å². The molecule has 1 aromatic heterocycles. The Morgan fingerprint density at radius 1 is 1.50 bits per heavy atom. The number of nitrogens with zero attached hydrogens (tertiary/aromatic N) is 3. The predicted octanol–water partition coefficient (Wildman–Crippen LogP) is 1.21. The van der Waals surface area contributed by atoms with E-state index in [1.54, 1.807) is 13.0 Å². The number of carbonyl (C=O) groups is 1. The number of aromatic nitrogens is 2. The van der Waals surface area contributed by atoms with Gasteiger partial charge >= 0.3 is 0 Å². The molecule has 2 atom stereocenters. The largest absolute Gasteiger partial charge is 0.409 e. The number of aryl methyl sites for hydroxylation is 1. The predicted molar refractivity (Wildman–Crippen MR) is 98.6 cm³/mol. The van der Waals surface area contributed by atoms with E-state index in [1.165, 1.54) is 12.1 Å². The summed E-state index contributed by atoms with van der Waals surface area (Å²) in [6.07, 6.45) is 0.830. The van der Waals surface area contributed by atoms with Gasteiger partial charge < -0.3 is 20.9 Å². The molecular formula is C17H20FN5O4S. The quantitative estimate of drug-likeness (QED) is 0.176. The second kappa shape index (κ2) is 9.02. The van der Waals surface area contributed by atoms with Crippen LogP contribution in [0.3, 0.4) is 0 Å². The Morgan fingerprint density at radius 3 is 3.07 bits per heavy atom. The molecule has 0 bridgehead atoms. The van der Waals surface area contributed by atoms with Gasteiger partial charge in [0.05, 0.1) is 17.9 Å². The van der Waals surface area contributed by atoms with E-state index >= 15 is 0 Å². The van der Waals surface area contributed by atoms with Gasteiger partial charge in [-0.25, -0.2) is 9.02 Å². The van der Waals surface area contributed by atoms with Crippen LogP contribution in [0.5, 0.6) is 0 Å². The summed E-state index contributed by atoms with van der Waals surface area (Å²) in [5.41, 5.74) is 1.98. The minimum atomic E-state index is -0.644. The van der Waals surface area contributed by atoms with Crippen molar-refractivity contribution in [2.75, 3.05) is 12.3 Å². The minimum Gasteiger partial charge on any atom is -0.409 e. The van der Waals surface area contributed by atoms with E-state index in [0.717, 1.165) is 29.3 Å². The third-order valence-electron chi connectivity index (χ3n) is 4.21. The summed E-state index contributed by atoms with van der Waals surface area (Å²) < 4.78 is 18.3. The van der Waals surface area contributed by atoms with E-state index in [2.05, 4.69) is 26.1 Å². The highest BCUT2D eigenvalue weighted by Gasteiger charge is 2.27. The standard InChI is InChI=1S/C17H20FN5O4S/c1-9(24)7-19-14(25)8-28-17-15(22-27-23-17)16(21-26)20-13-5-3-10-2-4-11(18)6-12(10)13/h2,4,6,9,13,24,26H,3,5,7-8H2,1H3,(H,19,25)(H,20,21)/t9?,13-/m0/s1. The summed E-state index contributed by atoms with van der Waals surface area (Å²) in [6.45, 7) is 1.71. The average Bonchev–Trinajstić information content (AvgIpc) is 3.29. The van der Waals surface area contributed by atoms with Crippen LogP contribution < -0.4 is 10.6 Å². The van der Waals surface area contributed by atoms with Crippen molar-refractivity contribution in [1.29, 1.82) is 0 Å². The molecule has 3 rings (SSSR count). The molecule has 28 heavy (non-hydrogen) atoms. The van der Waals surface area contributed by atoms with Gasteiger partial charge in [-0.3, -0.25) is 4.79 Å². The Morgan fingerprint density at radius 2 is 2.32 bits per heavy atom. The molecule has 1 unspecified atom stereocenters. The van der Waals surface area contributed by atoms with Crippen LogP contribution in [-0.2, 0) is 11.2 Å². The number of rotatable bonds is 7. The fraction of sp³-hybridized carbons (Fsp3) is 0.412. The second-order valence-electron chi connectivity index (χ2n) is 6.39. The zero-order valence-corrected chi connectivity index (χ0v) is 15.9. The van der Waals surface area contributed by atoms with Crippen molar-refractivity contribution >= 4 is 23.5 Å². The molecule has 0 saturated carbocycles. The number of aliphatic hydroxyl groups is 1. The first kappa shape index (κ1) is 20.1. The number of oxime groups is 1. The fourth-order valence-corrected chi connectivity index (χ4v) is 3.63. The van der Waals surface area contributed by atoms with Crippen LogP contribution in [0.2, 0.25) is 0 Å². The molecule has 1 aliphatic rings. The molecule has 0 spiro atoms. The van der Waals surface area contributed by atoms with Gasteiger partial charge in [0.15, 0.2) is 16.6 Å². The molecule has 2 aromatic rings. The van der Waals surface area contributed by atoms with Crippen LogP contribution in [0.4, 0.5) is 4.39 Å². The van der Waals surface area contributed by atoms with Gasteiger partial charge in [-0.05, 0) is 53.3 Å². The molecule has 0 fully saturated rings. The second-order valence-corrected chi connectivity index (χ2v) is 7.35. The first-order valence-electron chi connectivity index (χ1n) is 8.65. The lowest BCUT2D eigenvalue weighted by Gasteiger charge is -2.15. The normalized spacial score (nSPS) is 17.2. The summed E-state index contributed by atoms with van der Waals surface area (Å²) in [5, 5.41) is 35.2. The van der Waals surface area contributed by atoms with Gasteiger partial charge in [-0.1, -0.05) is 23.0 Å². The number of halogens is 1. The average molecular weight is 409 g/mol. The summed E-state index contributed by atoms with van der Waals surface area (Å²) in [7, 11) is 0. The topological polar surface area (TPSA) is 133 Å². The van der Waals surface area contributed by atoms with Gasteiger partial charge in [0.1, 0.15) is 5.82 Å². The number of hydrogen-bond acceptors (Lipinski definition) is 8. The van der Waals surface area contributed by atoms with Gasteiger partial charge in [-0.15, -0.1) is 0 Å².